The predicted octanol–water partition coefficient (Wildman–Crippen LogP) is 4.11. The van der Waals surface area contributed by atoms with Crippen LogP contribution in [0, 0.1) is 5.92 Å². The van der Waals surface area contributed by atoms with Gasteiger partial charge in [0.15, 0.2) is 0 Å². The summed E-state index contributed by atoms with van der Waals surface area (Å²) in [4.78, 5) is 12.8. The second-order valence-electron chi connectivity index (χ2n) is 4.86. The van der Waals surface area contributed by atoms with E-state index >= 15 is 0 Å². The fourth-order valence-corrected chi connectivity index (χ4v) is 3.54. The first kappa shape index (κ1) is 15.1. The van der Waals surface area contributed by atoms with Gasteiger partial charge in [0, 0.05) is 29.3 Å². The first-order valence-electron chi connectivity index (χ1n) is 6.55. The first-order valence-corrected chi connectivity index (χ1v) is 7.54. The normalized spacial score (nSPS) is 16.6. The molecule has 1 aliphatic rings. The number of likely N-dealkylation sites (tertiary alicyclic amines) is 1. The van der Waals surface area contributed by atoms with Crippen LogP contribution >= 0.6 is 11.8 Å². The number of halogens is 2. The monoisotopic (exact) mass is 301 g/mol. The van der Waals surface area contributed by atoms with Gasteiger partial charge in [-0.25, -0.2) is 13.6 Å². The van der Waals surface area contributed by atoms with E-state index in [1.165, 1.54) is 22.7 Å². The molecule has 0 radical (unpaired) electrons. The van der Waals surface area contributed by atoms with Gasteiger partial charge in [0.05, 0.1) is 0 Å². The number of thioether (sulfide) groups is 1. The third-order valence-electron chi connectivity index (χ3n) is 3.51. The van der Waals surface area contributed by atoms with Crippen LogP contribution < -0.4 is 0 Å². The molecule has 0 aromatic heterocycles. The van der Waals surface area contributed by atoms with Crippen molar-refractivity contribution in [3.05, 3.63) is 29.8 Å². The lowest BCUT2D eigenvalue weighted by Crippen LogP contribution is -2.37. The molecule has 1 aromatic rings. The van der Waals surface area contributed by atoms with Crippen molar-refractivity contribution >= 4 is 17.9 Å². The van der Waals surface area contributed by atoms with Gasteiger partial charge in [-0.15, -0.1) is 11.8 Å². The standard InChI is InChI=1S/C14H17F2NO2S/c15-13(16)11-3-1-2-4-12(11)20-9-10-5-7-17(8-6-10)14(18)19/h1-4,10,13H,5-9H2,(H,18,19). The molecule has 0 saturated carbocycles. The van der Waals surface area contributed by atoms with E-state index in [9.17, 15) is 13.6 Å². The average Bonchev–Trinajstić information content (AvgIpc) is 2.45. The maximum atomic E-state index is 12.8. The summed E-state index contributed by atoms with van der Waals surface area (Å²) in [5, 5.41) is 8.87. The number of alkyl halides is 2. The van der Waals surface area contributed by atoms with Crippen LogP contribution in [-0.4, -0.2) is 34.9 Å². The summed E-state index contributed by atoms with van der Waals surface area (Å²) in [5.74, 6) is 1.15. The largest absolute Gasteiger partial charge is 0.465 e. The molecule has 1 fully saturated rings. The highest BCUT2D eigenvalue weighted by Gasteiger charge is 2.22. The number of nitrogens with zero attached hydrogens (tertiary/aromatic N) is 1. The minimum atomic E-state index is -2.45. The van der Waals surface area contributed by atoms with Gasteiger partial charge < -0.3 is 10.0 Å². The van der Waals surface area contributed by atoms with Crippen LogP contribution in [-0.2, 0) is 0 Å². The third kappa shape index (κ3) is 3.85. The molecule has 2 rings (SSSR count). The Morgan fingerprint density at radius 3 is 2.60 bits per heavy atom. The molecular weight excluding hydrogens is 284 g/mol. The first-order chi connectivity index (χ1) is 9.58. The highest BCUT2D eigenvalue weighted by molar-refractivity contribution is 7.99. The molecule has 1 aromatic carbocycles. The molecule has 0 bridgehead atoms. The summed E-state index contributed by atoms with van der Waals surface area (Å²) in [7, 11) is 0. The lowest BCUT2D eigenvalue weighted by Gasteiger charge is -2.29. The van der Waals surface area contributed by atoms with Crippen molar-refractivity contribution in [3.63, 3.8) is 0 Å². The van der Waals surface area contributed by atoms with Gasteiger partial charge in [0.1, 0.15) is 0 Å². The molecule has 3 nitrogen and oxygen atoms in total. The number of benzene rings is 1. The van der Waals surface area contributed by atoms with Crippen molar-refractivity contribution in [2.24, 2.45) is 5.92 Å². The van der Waals surface area contributed by atoms with Crippen LogP contribution in [0.4, 0.5) is 13.6 Å². The zero-order valence-corrected chi connectivity index (χ0v) is 11.8. The Labute approximate surface area is 121 Å². The van der Waals surface area contributed by atoms with Crippen LogP contribution in [0.5, 0.6) is 0 Å². The molecule has 1 aliphatic heterocycles. The van der Waals surface area contributed by atoms with Crippen LogP contribution in [0.1, 0.15) is 24.8 Å². The van der Waals surface area contributed by atoms with E-state index in [-0.39, 0.29) is 5.56 Å². The fourth-order valence-electron chi connectivity index (χ4n) is 2.29. The van der Waals surface area contributed by atoms with E-state index in [0.29, 0.717) is 23.9 Å². The van der Waals surface area contributed by atoms with Gasteiger partial charge in [-0.2, -0.15) is 0 Å². The maximum absolute atomic E-state index is 12.8. The Balaban J connectivity index is 1.86. The summed E-state index contributed by atoms with van der Waals surface area (Å²) < 4.78 is 25.7. The van der Waals surface area contributed by atoms with Crippen molar-refractivity contribution in [2.75, 3.05) is 18.8 Å². The summed E-state index contributed by atoms with van der Waals surface area (Å²) in [5.41, 5.74) is 0.0838. The van der Waals surface area contributed by atoms with Gasteiger partial charge in [-0.1, -0.05) is 18.2 Å². The number of carboxylic acid groups (broad SMARTS) is 1. The van der Waals surface area contributed by atoms with E-state index < -0.39 is 12.5 Å². The van der Waals surface area contributed by atoms with Crippen molar-refractivity contribution in [1.29, 1.82) is 0 Å². The molecule has 0 unspecified atom stereocenters. The Kier molecular flexibility index (Phi) is 5.23. The molecule has 1 amide bonds. The highest BCUT2D eigenvalue weighted by Crippen LogP contribution is 2.33. The lowest BCUT2D eigenvalue weighted by molar-refractivity contribution is 0.127. The van der Waals surface area contributed by atoms with Crippen LogP contribution in [0.25, 0.3) is 0 Å². The minimum Gasteiger partial charge on any atom is -0.465 e. The number of piperidine rings is 1. The minimum absolute atomic E-state index is 0.0838. The quantitative estimate of drug-likeness (QED) is 0.851. The summed E-state index contributed by atoms with van der Waals surface area (Å²) in [6.07, 6.45) is -1.72. The second kappa shape index (κ2) is 6.92. The highest BCUT2D eigenvalue weighted by atomic mass is 32.2. The third-order valence-corrected chi connectivity index (χ3v) is 4.83. The molecule has 6 heteroatoms. The van der Waals surface area contributed by atoms with E-state index in [4.69, 9.17) is 5.11 Å². The van der Waals surface area contributed by atoms with Gasteiger partial charge in [0.25, 0.3) is 6.43 Å². The molecule has 1 heterocycles. The number of rotatable bonds is 4. The number of carbonyl (C=O) groups is 1. The summed E-state index contributed by atoms with van der Waals surface area (Å²) in [6.45, 7) is 1.08. The fraction of sp³-hybridized carbons (Fsp3) is 0.500. The van der Waals surface area contributed by atoms with Gasteiger partial charge in [-0.3, -0.25) is 0 Å². The zero-order valence-electron chi connectivity index (χ0n) is 11.0. The van der Waals surface area contributed by atoms with Gasteiger partial charge in [0.2, 0.25) is 0 Å². The van der Waals surface area contributed by atoms with E-state index in [1.54, 1.807) is 18.2 Å². The van der Waals surface area contributed by atoms with Gasteiger partial charge in [-0.05, 0) is 24.8 Å². The van der Waals surface area contributed by atoms with Crippen molar-refractivity contribution in [2.45, 2.75) is 24.2 Å². The van der Waals surface area contributed by atoms with Crippen LogP contribution in [0.2, 0.25) is 0 Å². The topological polar surface area (TPSA) is 40.5 Å². The van der Waals surface area contributed by atoms with Crippen molar-refractivity contribution in [3.8, 4) is 0 Å². The van der Waals surface area contributed by atoms with Crippen LogP contribution in [0.3, 0.4) is 0 Å². The molecule has 1 saturated heterocycles. The SMILES string of the molecule is O=C(O)N1CCC(CSc2ccccc2C(F)F)CC1. The average molecular weight is 301 g/mol. The predicted molar refractivity (Wildman–Crippen MR) is 74.4 cm³/mol. The Bertz CT molecular complexity index is 462. The Morgan fingerprint density at radius 2 is 2.00 bits per heavy atom. The molecule has 0 spiro atoms. The van der Waals surface area contributed by atoms with E-state index in [2.05, 4.69) is 0 Å². The molecule has 110 valence electrons. The number of hydrogen-bond acceptors (Lipinski definition) is 2. The zero-order chi connectivity index (χ0) is 14.5. The lowest BCUT2D eigenvalue weighted by atomic mass is 9.99. The van der Waals surface area contributed by atoms with E-state index in [0.717, 1.165) is 18.6 Å². The molecule has 20 heavy (non-hydrogen) atoms. The van der Waals surface area contributed by atoms with Crippen molar-refractivity contribution < 1.29 is 18.7 Å². The number of amides is 1. The van der Waals surface area contributed by atoms with Crippen molar-refractivity contribution in [1.82, 2.24) is 4.90 Å². The second-order valence-corrected chi connectivity index (χ2v) is 5.92. The Hall–Kier alpha value is -1.30. The Morgan fingerprint density at radius 1 is 1.35 bits per heavy atom. The molecule has 1 N–H and O–H groups in total. The smallest absolute Gasteiger partial charge is 0.407 e. The summed E-state index contributed by atoms with van der Waals surface area (Å²) >= 11 is 1.45. The van der Waals surface area contributed by atoms with Crippen LogP contribution in [0.15, 0.2) is 29.2 Å². The molecule has 0 aliphatic carbocycles. The molecular formula is C14H17F2NO2S. The summed E-state index contributed by atoms with van der Waals surface area (Å²) in [6, 6.07) is 6.57. The van der Waals surface area contributed by atoms with Gasteiger partial charge >= 0.3 is 6.09 Å². The number of hydrogen-bond donors (Lipinski definition) is 1. The van der Waals surface area contributed by atoms with E-state index in [1.807, 2.05) is 0 Å². The maximum Gasteiger partial charge on any atom is 0.407 e. The molecule has 0 atom stereocenters.